The van der Waals surface area contributed by atoms with Crippen molar-refractivity contribution in [2.45, 2.75) is 6.42 Å². The van der Waals surface area contributed by atoms with Crippen LogP contribution in [-0.2, 0) is 9.53 Å². The van der Waals surface area contributed by atoms with Gasteiger partial charge in [-0.2, -0.15) is 0 Å². The van der Waals surface area contributed by atoms with Crippen molar-refractivity contribution in [3.8, 4) is 0 Å². The average Bonchev–Trinajstić information content (AvgIpc) is 2.49. The fourth-order valence-corrected chi connectivity index (χ4v) is 2.21. The number of carbonyl (C=O) groups excluding carboxylic acids is 1. The van der Waals surface area contributed by atoms with Crippen molar-refractivity contribution in [1.82, 2.24) is 4.90 Å². The number of nitrogens with one attached hydrogen (secondary N) is 1. The van der Waals surface area contributed by atoms with Crippen LogP contribution in [0.3, 0.4) is 0 Å². The number of nitrogen functional groups attached to an aromatic ring is 1. The zero-order valence-corrected chi connectivity index (χ0v) is 11.7. The molecule has 0 spiro atoms. The van der Waals surface area contributed by atoms with Gasteiger partial charge in [0.15, 0.2) is 0 Å². The second-order valence-electron chi connectivity index (χ2n) is 4.74. The Kier molecular flexibility index (Phi) is 4.99. The van der Waals surface area contributed by atoms with E-state index in [9.17, 15) is 9.59 Å². The Bertz CT molecular complexity index is 527. The SMILES string of the molecule is Nc1cccc(C(=O)O)c1NCCC(=O)N1CCOCC1. The van der Waals surface area contributed by atoms with Gasteiger partial charge in [0.2, 0.25) is 5.91 Å². The number of aromatic carboxylic acids is 1. The molecule has 2 rings (SSSR count). The van der Waals surface area contributed by atoms with Gasteiger partial charge in [-0.15, -0.1) is 0 Å². The first-order valence-electron chi connectivity index (χ1n) is 6.81. The van der Waals surface area contributed by atoms with Crippen LogP contribution in [0.4, 0.5) is 11.4 Å². The van der Waals surface area contributed by atoms with Crippen molar-refractivity contribution in [3.05, 3.63) is 23.8 Å². The topological polar surface area (TPSA) is 105 Å². The van der Waals surface area contributed by atoms with Crippen molar-refractivity contribution >= 4 is 23.3 Å². The van der Waals surface area contributed by atoms with Gasteiger partial charge in [0, 0.05) is 26.1 Å². The molecule has 0 unspecified atom stereocenters. The minimum atomic E-state index is -1.05. The zero-order chi connectivity index (χ0) is 15.2. The summed E-state index contributed by atoms with van der Waals surface area (Å²) in [6.45, 7) is 2.67. The molecule has 7 heteroatoms. The molecule has 1 heterocycles. The number of carbonyl (C=O) groups is 2. The molecule has 0 bridgehead atoms. The third-order valence-electron chi connectivity index (χ3n) is 3.33. The maximum Gasteiger partial charge on any atom is 0.337 e. The van der Waals surface area contributed by atoms with Crippen molar-refractivity contribution < 1.29 is 19.4 Å². The molecule has 114 valence electrons. The third kappa shape index (κ3) is 3.85. The Morgan fingerprint density at radius 3 is 2.71 bits per heavy atom. The van der Waals surface area contributed by atoms with E-state index < -0.39 is 5.97 Å². The van der Waals surface area contributed by atoms with Crippen molar-refractivity contribution in [3.63, 3.8) is 0 Å². The highest BCUT2D eigenvalue weighted by atomic mass is 16.5. The molecule has 0 atom stereocenters. The Balaban J connectivity index is 1.91. The first-order chi connectivity index (χ1) is 10.1. The number of morpholine rings is 1. The second kappa shape index (κ2) is 6.94. The lowest BCUT2D eigenvalue weighted by Gasteiger charge is -2.27. The number of ether oxygens (including phenoxy) is 1. The van der Waals surface area contributed by atoms with Gasteiger partial charge in [-0.05, 0) is 12.1 Å². The number of carboxylic acids is 1. The van der Waals surface area contributed by atoms with Gasteiger partial charge in [0.05, 0.1) is 30.2 Å². The molecule has 1 saturated heterocycles. The van der Waals surface area contributed by atoms with E-state index in [1.807, 2.05) is 0 Å². The molecule has 1 fully saturated rings. The van der Waals surface area contributed by atoms with Crippen LogP contribution in [0.15, 0.2) is 18.2 Å². The van der Waals surface area contributed by atoms with Crippen LogP contribution in [0, 0.1) is 0 Å². The molecule has 1 aromatic carbocycles. The largest absolute Gasteiger partial charge is 0.478 e. The Morgan fingerprint density at radius 2 is 2.05 bits per heavy atom. The Hall–Kier alpha value is -2.28. The van der Waals surface area contributed by atoms with Crippen LogP contribution in [-0.4, -0.2) is 54.7 Å². The number of rotatable bonds is 5. The molecule has 1 aromatic rings. The molecule has 0 aromatic heterocycles. The van der Waals surface area contributed by atoms with Gasteiger partial charge in [-0.25, -0.2) is 4.79 Å². The number of amides is 1. The minimum Gasteiger partial charge on any atom is -0.478 e. The molecular formula is C14H19N3O4. The van der Waals surface area contributed by atoms with E-state index in [1.54, 1.807) is 17.0 Å². The zero-order valence-electron chi connectivity index (χ0n) is 11.7. The van der Waals surface area contributed by atoms with Crippen LogP contribution >= 0.6 is 0 Å². The molecule has 0 saturated carbocycles. The highest BCUT2D eigenvalue weighted by Gasteiger charge is 2.17. The van der Waals surface area contributed by atoms with Gasteiger partial charge in [0.1, 0.15) is 0 Å². The average molecular weight is 293 g/mol. The minimum absolute atomic E-state index is 0.0252. The molecule has 7 nitrogen and oxygen atoms in total. The number of carboxylic acid groups (broad SMARTS) is 1. The summed E-state index contributed by atoms with van der Waals surface area (Å²) in [5.41, 5.74) is 6.60. The fraction of sp³-hybridized carbons (Fsp3) is 0.429. The summed E-state index contributed by atoms with van der Waals surface area (Å²) < 4.78 is 5.19. The summed E-state index contributed by atoms with van der Waals surface area (Å²) in [6, 6.07) is 4.69. The summed E-state index contributed by atoms with van der Waals surface area (Å²) in [4.78, 5) is 24.9. The van der Waals surface area contributed by atoms with E-state index in [0.717, 1.165) is 0 Å². The van der Waals surface area contributed by atoms with Crippen LogP contribution in [0.25, 0.3) is 0 Å². The number of nitrogens with two attached hydrogens (primary N) is 1. The van der Waals surface area contributed by atoms with E-state index in [2.05, 4.69) is 5.32 Å². The predicted octanol–water partition coefficient (Wildman–Crippen LogP) is 0.628. The molecule has 4 N–H and O–H groups in total. The van der Waals surface area contributed by atoms with E-state index >= 15 is 0 Å². The van der Waals surface area contributed by atoms with E-state index in [-0.39, 0.29) is 17.9 Å². The highest BCUT2D eigenvalue weighted by molar-refractivity contribution is 5.97. The lowest BCUT2D eigenvalue weighted by Crippen LogP contribution is -2.41. The number of hydrogen-bond donors (Lipinski definition) is 3. The van der Waals surface area contributed by atoms with Gasteiger partial charge in [-0.1, -0.05) is 6.07 Å². The third-order valence-corrected chi connectivity index (χ3v) is 3.33. The van der Waals surface area contributed by atoms with Gasteiger partial charge >= 0.3 is 5.97 Å². The summed E-state index contributed by atoms with van der Waals surface area (Å²) >= 11 is 0. The van der Waals surface area contributed by atoms with E-state index in [0.29, 0.717) is 44.2 Å². The monoisotopic (exact) mass is 293 g/mol. The van der Waals surface area contributed by atoms with Crippen molar-refractivity contribution in [1.29, 1.82) is 0 Å². The van der Waals surface area contributed by atoms with Gasteiger partial charge in [0.25, 0.3) is 0 Å². The number of para-hydroxylation sites is 1. The fourth-order valence-electron chi connectivity index (χ4n) is 2.21. The quantitative estimate of drug-likeness (QED) is 0.688. The van der Waals surface area contributed by atoms with E-state index in [4.69, 9.17) is 15.6 Å². The molecular weight excluding hydrogens is 274 g/mol. The first kappa shape index (κ1) is 15.1. The van der Waals surface area contributed by atoms with Crippen LogP contribution in [0.5, 0.6) is 0 Å². The molecule has 1 amide bonds. The van der Waals surface area contributed by atoms with Crippen LogP contribution in [0.2, 0.25) is 0 Å². The second-order valence-corrected chi connectivity index (χ2v) is 4.74. The normalized spacial score (nSPS) is 14.8. The number of hydrogen-bond acceptors (Lipinski definition) is 5. The Labute approximate surface area is 122 Å². The maximum absolute atomic E-state index is 12.0. The summed E-state index contributed by atoms with van der Waals surface area (Å²) in [6.07, 6.45) is 0.285. The summed E-state index contributed by atoms with van der Waals surface area (Å²) in [5.74, 6) is -1.03. The smallest absolute Gasteiger partial charge is 0.337 e. The number of benzene rings is 1. The van der Waals surface area contributed by atoms with Gasteiger partial charge in [-0.3, -0.25) is 4.79 Å². The lowest BCUT2D eigenvalue weighted by atomic mass is 10.1. The predicted molar refractivity (Wildman–Crippen MR) is 78.3 cm³/mol. The van der Waals surface area contributed by atoms with Crippen molar-refractivity contribution in [2.24, 2.45) is 0 Å². The first-order valence-corrected chi connectivity index (χ1v) is 6.81. The van der Waals surface area contributed by atoms with E-state index in [1.165, 1.54) is 6.07 Å². The van der Waals surface area contributed by atoms with Gasteiger partial charge < -0.3 is 25.8 Å². The number of anilines is 2. The lowest BCUT2D eigenvalue weighted by molar-refractivity contribution is -0.134. The summed E-state index contributed by atoms with van der Waals surface area (Å²) in [5, 5.41) is 12.1. The Morgan fingerprint density at radius 1 is 1.33 bits per heavy atom. The highest BCUT2D eigenvalue weighted by Crippen LogP contribution is 2.23. The molecule has 1 aliphatic heterocycles. The molecule has 21 heavy (non-hydrogen) atoms. The van der Waals surface area contributed by atoms with Crippen LogP contribution < -0.4 is 11.1 Å². The van der Waals surface area contributed by atoms with Crippen LogP contribution in [0.1, 0.15) is 16.8 Å². The maximum atomic E-state index is 12.0. The number of nitrogens with zero attached hydrogens (tertiary/aromatic N) is 1. The summed E-state index contributed by atoms with van der Waals surface area (Å²) in [7, 11) is 0. The standard InChI is InChI=1S/C14H19N3O4/c15-11-3-1-2-10(14(19)20)13(11)16-5-4-12(18)17-6-8-21-9-7-17/h1-3,16H,4-9,15H2,(H,19,20). The molecule has 0 radical (unpaired) electrons. The molecule has 0 aliphatic carbocycles. The molecule has 1 aliphatic rings. The van der Waals surface area contributed by atoms with Crippen molar-refractivity contribution in [2.75, 3.05) is 43.9 Å².